The highest BCUT2D eigenvalue weighted by atomic mass is 16.3. The average molecular weight is 383 g/mol. The third kappa shape index (κ3) is 3.70. The summed E-state index contributed by atoms with van der Waals surface area (Å²) in [5.41, 5.74) is 6.80. The SMILES string of the molecule is Cc1c(-c2ccccc2)cccc1-c1cc2cc(CN3CCCCC3)cnc2o1. The topological polar surface area (TPSA) is 29.3 Å². The summed E-state index contributed by atoms with van der Waals surface area (Å²) in [5.74, 6) is 0.887. The Morgan fingerprint density at radius 2 is 1.69 bits per heavy atom. The van der Waals surface area contributed by atoms with E-state index in [9.17, 15) is 0 Å². The first-order valence-corrected chi connectivity index (χ1v) is 10.5. The summed E-state index contributed by atoms with van der Waals surface area (Å²) in [6.45, 7) is 5.53. The van der Waals surface area contributed by atoms with E-state index >= 15 is 0 Å². The van der Waals surface area contributed by atoms with Crippen LogP contribution in [0.4, 0.5) is 0 Å². The first-order chi connectivity index (χ1) is 14.3. The second-order valence-corrected chi connectivity index (χ2v) is 8.03. The number of furan rings is 1. The zero-order valence-electron chi connectivity index (χ0n) is 16.9. The highest BCUT2D eigenvalue weighted by Gasteiger charge is 2.15. The number of hydrogen-bond acceptors (Lipinski definition) is 3. The highest BCUT2D eigenvalue weighted by Crippen LogP contribution is 2.34. The first kappa shape index (κ1) is 18.1. The van der Waals surface area contributed by atoms with E-state index in [0.717, 1.165) is 23.3 Å². The molecule has 1 aliphatic rings. The molecule has 0 N–H and O–H groups in total. The van der Waals surface area contributed by atoms with Gasteiger partial charge in [-0.25, -0.2) is 4.98 Å². The molecular weight excluding hydrogens is 356 g/mol. The molecule has 1 aliphatic heterocycles. The van der Waals surface area contributed by atoms with Gasteiger partial charge in [0.25, 0.3) is 0 Å². The van der Waals surface area contributed by atoms with E-state index in [1.165, 1.54) is 54.6 Å². The van der Waals surface area contributed by atoms with E-state index in [1.54, 1.807) is 0 Å². The molecule has 2 aromatic carbocycles. The molecule has 0 aliphatic carbocycles. The summed E-state index contributed by atoms with van der Waals surface area (Å²) >= 11 is 0. The van der Waals surface area contributed by atoms with Crippen molar-refractivity contribution in [2.75, 3.05) is 13.1 Å². The Morgan fingerprint density at radius 3 is 2.52 bits per heavy atom. The molecule has 3 heterocycles. The number of piperidine rings is 1. The van der Waals surface area contributed by atoms with Crippen molar-refractivity contribution in [2.45, 2.75) is 32.7 Å². The number of fused-ring (bicyclic) bond motifs is 1. The van der Waals surface area contributed by atoms with E-state index in [-0.39, 0.29) is 0 Å². The molecule has 3 heteroatoms. The van der Waals surface area contributed by atoms with E-state index in [2.05, 4.69) is 77.5 Å². The van der Waals surface area contributed by atoms with Crippen LogP contribution in [0.3, 0.4) is 0 Å². The fourth-order valence-electron chi connectivity index (χ4n) is 4.41. The van der Waals surface area contributed by atoms with Gasteiger partial charge in [0, 0.05) is 23.7 Å². The van der Waals surface area contributed by atoms with Crippen LogP contribution in [-0.2, 0) is 6.54 Å². The van der Waals surface area contributed by atoms with E-state index in [1.807, 2.05) is 6.20 Å². The van der Waals surface area contributed by atoms with Crippen molar-refractivity contribution in [1.82, 2.24) is 9.88 Å². The minimum Gasteiger partial charge on any atom is -0.438 e. The fraction of sp³-hybridized carbons (Fsp3) is 0.269. The zero-order chi connectivity index (χ0) is 19.6. The Bertz CT molecular complexity index is 1120. The molecule has 0 spiro atoms. The third-order valence-corrected chi connectivity index (χ3v) is 5.97. The first-order valence-electron chi connectivity index (χ1n) is 10.5. The summed E-state index contributed by atoms with van der Waals surface area (Å²) in [6.07, 6.45) is 5.95. The molecule has 0 amide bonds. The van der Waals surface area contributed by atoms with Gasteiger partial charge in [-0.15, -0.1) is 0 Å². The van der Waals surface area contributed by atoms with Gasteiger partial charge in [-0.3, -0.25) is 4.90 Å². The van der Waals surface area contributed by atoms with Crippen molar-refractivity contribution >= 4 is 11.1 Å². The fourth-order valence-corrected chi connectivity index (χ4v) is 4.41. The minimum atomic E-state index is 0.715. The van der Waals surface area contributed by atoms with Crippen LogP contribution in [-0.4, -0.2) is 23.0 Å². The van der Waals surface area contributed by atoms with Gasteiger partial charge < -0.3 is 4.42 Å². The predicted molar refractivity (Wildman–Crippen MR) is 119 cm³/mol. The number of rotatable bonds is 4. The van der Waals surface area contributed by atoms with Gasteiger partial charge in [-0.1, -0.05) is 55.0 Å². The van der Waals surface area contributed by atoms with Gasteiger partial charge in [-0.05, 0) is 67.2 Å². The predicted octanol–water partition coefficient (Wildman–Crippen LogP) is 6.46. The largest absolute Gasteiger partial charge is 0.438 e. The molecule has 2 aromatic heterocycles. The number of pyridine rings is 1. The number of likely N-dealkylation sites (tertiary alicyclic amines) is 1. The molecule has 0 unspecified atom stereocenters. The molecule has 1 fully saturated rings. The number of nitrogens with zero attached hydrogens (tertiary/aromatic N) is 2. The van der Waals surface area contributed by atoms with Gasteiger partial charge in [-0.2, -0.15) is 0 Å². The van der Waals surface area contributed by atoms with Crippen molar-refractivity contribution in [1.29, 1.82) is 0 Å². The molecule has 29 heavy (non-hydrogen) atoms. The van der Waals surface area contributed by atoms with E-state index in [4.69, 9.17) is 4.42 Å². The molecule has 0 saturated carbocycles. The minimum absolute atomic E-state index is 0.715. The molecule has 4 aromatic rings. The number of hydrogen-bond donors (Lipinski definition) is 0. The summed E-state index contributed by atoms with van der Waals surface area (Å²) in [7, 11) is 0. The Hall–Kier alpha value is -2.91. The molecule has 146 valence electrons. The van der Waals surface area contributed by atoms with Gasteiger partial charge in [0.15, 0.2) is 0 Å². The standard InChI is InChI=1S/C26H26N2O/c1-19-23(21-9-4-2-5-10-21)11-8-12-24(19)25-16-22-15-20(17-27-26(22)29-25)18-28-13-6-3-7-14-28/h2,4-5,8-12,15-17H,3,6-7,13-14,18H2,1H3. The van der Waals surface area contributed by atoms with Crippen LogP contribution in [0.1, 0.15) is 30.4 Å². The smallest absolute Gasteiger partial charge is 0.226 e. The molecular formula is C26H26N2O. The summed E-state index contributed by atoms with van der Waals surface area (Å²) in [4.78, 5) is 7.14. The van der Waals surface area contributed by atoms with Gasteiger partial charge in [0.05, 0.1) is 0 Å². The lowest BCUT2D eigenvalue weighted by Gasteiger charge is -2.26. The molecule has 0 atom stereocenters. The maximum Gasteiger partial charge on any atom is 0.226 e. The van der Waals surface area contributed by atoms with Gasteiger partial charge in [0.2, 0.25) is 5.71 Å². The molecule has 5 rings (SSSR count). The lowest BCUT2D eigenvalue weighted by Crippen LogP contribution is -2.29. The van der Waals surface area contributed by atoms with Crippen LogP contribution < -0.4 is 0 Å². The van der Waals surface area contributed by atoms with Crippen LogP contribution in [0.15, 0.2) is 71.3 Å². The van der Waals surface area contributed by atoms with Crippen molar-refractivity contribution in [3.05, 3.63) is 78.0 Å². The maximum absolute atomic E-state index is 6.15. The van der Waals surface area contributed by atoms with E-state index in [0.29, 0.717) is 5.71 Å². The lowest BCUT2D eigenvalue weighted by atomic mass is 9.95. The summed E-state index contributed by atoms with van der Waals surface area (Å²) in [6, 6.07) is 21.3. The second kappa shape index (κ2) is 7.84. The van der Waals surface area contributed by atoms with Crippen LogP contribution in [0.5, 0.6) is 0 Å². The Morgan fingerprint density at radius 1 is 0.897 bits per heavy atom. The lowest BCUT2D eigenvalue weighted by molar-refractivity contribution is 0.221. The molecule has 1 saturated heterocycles. The maximum atomic E-state index is 6.15. The second-order valence-electron chi connectivity index (χ2n) is 8.03. The average Bonchev–Trinajstić information content (AvgIpc) is 3.18. The quantitative estimate of drug-likeness (QED) is 0.406. The third-order valence-electron chi connectivity index (χ3n) is 5.97. The Balaban J connectivity index is 1.48. The monoisotopic (exact) mass is 382 g/mol. The molecule has 3 nitrogen and oxygen atoms in total. The van der Waals surface area contributed by atoms with Crippen LogP contribution in [0, 0.1) is 6.92 Å². The van der Waals surface area contributed by atoms with Gasteiger partial charge in [0.1, 0.15) is 5.76 Å². The highest BCUT2D eigenvalue weighted by molar-refractivity contribution is 5.83. The van der Waals surface area contributed by atoms with Crippen LogP contribution >= 0.6 is 0 Å². The van der Waals surface area contributed by atoms with Crippen molar-refractivity contribution in [3.63, 3.8) is 0 Å². The van der Waals surface area contributed by atoms with Crippen LogP contribution in [0.25, 0.3) is 33.6 Å². The Labute approximate surface area is 172 Å². The van der Waals surface area contributed by atoms with Crippen molar-refractivity contribution in [2.24, 2.45) is 0 Å². The summed E-state index contributed by atoms with van der Waals surface area (Å²) in [5, 5.41) is 1.08. The molecule has 0 radical (unpaired) electrons. The number of benzene rings is 2. The normalized spacial score (nSPS) is 15.1. The number of aromatic nitrogens is 1. The van der Waals surface area contributed by atoms with Crippen LogP contribution in [0.2, 0.25) is 0 Å². The van der Waals surface area contributed by atoms with Gasteiger partial charge >= 0.3 is 0 Å². The van der Waals surface area contributed by atoms with Crippen molar-refractivity contribution in [3.8, 4) is 22.5 Å². The van der Waals surface area contributed by atoms with Crippen molar-refractivity contribution < 1.29 is 4.42 Å². The Kier molecular flexibility index (Phi) is 4.91. The summed E-state index contributed by atoms with van der Waals surface area (Å²) < 4.78 is 6.15. The molecule has 0 bridgehead atoms. The van der Waals surface area contributed by atoms with E-state index < -0.39 is 0 Å². The zero-order valence-corrected chi connectivity index (χ0v) is 16.9.